The van der Waals surface area contributed by atoms with E-state index in [9.17, 15) is 0 Å². The number of aromatic nitrogens is 1. The maximum absolute atomic E-state index is 5.84. The maximum atomic E-state index is 5.84. The minimum atomic E-state index is 0.443. The molecule has 4 heteroatoms. The lowest BCUT2D eigenvalue weighted by atomic mass is 10.2. The summed E-state index contributed by atoms with van der Waals surface area (Å²) in [7, 11) is 0. The molecule has 0 aliphatic rings. The van der Waals surface area contributed by atoms with Crippen molar-refractivity contribution in [2.45, 2.75) is 13.5 Å². The molecule has 0 atom stereocenters. The first-order valence-electron chi connectivity index (χ1n) is 5.03. The van der Waals surface area contributed by atoms with E-state index in [0.29, 0.717) is 12.4 Å². The van der Waals surface area contributed by atoms with E-state index in [1.165, 1.54) is 0 Å². The number of hydrogen-bond donors (Lipinski definition) is 1. The molecule has 0 bridgehead atoms. The van der Waals surface area contributed by atoms with Gasteiger partial charge in [-0.05, 0) is 6.92 Å². The summed E-state index contributed by atoms with van der Waals surface area (Å²) in [6.45, 7) is 2.29. The number of aryl methyl sites for hydroxylation is 1. The summed E-state index contributed by atoms with van der Waals surface area (Å²) in [5.41, 5.74) is 7.55. The van der Waals surface area contributed by atoms with E-state index in [0.717, 1.165) is 17.0 Å². The molecule has 0 unspecified atom stereocenters. The lowest BCUT2D eigenvalue weighted by Crippen LogP contribution is -2.13. The van der Waals surface area contributed by atoms with Crippen LogP contribution in [0.1, 0.15) is 17.0 Å². The molecule has 0 amide bonds. The Morgan fingerprint density at radius 2 is 2.12 bits per heavy atom. The fraction of sp³-hybridized carbons (Fsp3) is 0.167. The predicted octanol–water partition coefficient (Wildman–Crippen LogP) is 1.89. The van der Waals surface area contributed by atoms with Gasteiger partial charge in [0.05, 0.1) is 6.54 Å². The molecule has 82 valence electrons. The van der Waals surface area contributed by atoms with Gasteiger partial charge in [0.2, 0.25) is 0 Å². The Labute approximate surface area is 93.8 Å². The Morgan fingerprint density at radius 3 is 2.75 bits per heavy atom. The number of amidine groups is 1. The summed E-state index contributed by atoms with van der Waals surface area (Å²) in [6, 6.07) is 11.5. The van der Waals surface area contributed by atoms with Gasteiger partial charge in [0.25, 0.3) is 0 Å². The highest BCUT2D eigenvalue weighted by molar-refractivity contribution is 5.97. The second-order valence-corrected chi connectivity index (χ2v) is 3.50. The number of benzene rings is 1. The normalized spacial score (nSPS) is 11.7. The third kappa shape index (κ3) is 2.48. The van der Waals surface area contributed by atoms with Crippen LogP contribution in [-0.2, 0) is 6.54 Å². The lowest BCUT2D eigenvalue weighted by Gasteiger charge is -1.98. The van der Waals surface area contributed by atoms with Crippen LogP contribution >= 0.6 is 0 Å². The Morgan fingerprint density at radius 1 is 1.38 bits per heavy atom. The summed E-state index contributed by atoms with van der Waals surface area (Å²) in [5, 5.41) is 3.84. The number of hydrogen-bond acceptors (Lipinski definition) is 3. The van der Waals surface area contributed by atoms with Crippen LogP contribution in [0.5, 0.6) is 0 Å². The van der Waals surface area contributed by atoms with Crippen molar-refractivity contribution in [3.05, 3.63) is 53.4 Å². The van der Waals surface area contributed by atoms with Gasteiger partial charge in [-0.2, -0.15) is 0 Å². The number of nitrogens with zero attached hydrogens (tertiary/aromatic N) is 2. The molecule has 0 fully saturated rings. The Kier molecular flexibility index (Phi) is 3.00. The third-order valence-corrected chi connectivity index (χ3v) is 2.16. The molecule has 0 radical (unpaired) electrons. The van der Waals surface area contributed by atoms with Crippen LogP contribution in [0.15, 0.2) is 45.9 Å². The van der Waals surface area contributed by atoms with Crippen molar-refractivity contribution in [2.75, 3.05) is 0 Å². The van der Waals surface area contributed by atoms with Crippen LogP contribution in [0.2, 0.25) is 0 Å². The summed E-state index contributed by atoms with van der Waals surface area (Å²) < 4.78 is 4.94. The average Bonchev–Trinajstić information content (AvgIpc) is 2.73. The van der Waals surface area contributed by atoms with Crippen molar-refractivity contribution in [3.8, 4) is 0 Å². The minimum Gasteiger partial charge on any atom is -0.383 e. The summed E-state index contributed by atoms with van der Waals surface area (Å²) in [5.74, 6) is 1.30. The van der Waals surface area contributed by atoms with Gasteiger partial charge in [-0.25, -0.2) is 0 Å². The van der Waals surface area contributed by atoms with Crippen molar-refractivity contribution >= 4 is 5.84 Å². The molecule has 16 heavy (non-hydrogen) atoms. The van der Waals surface area contributed by atoms with Crippen LogP contribution < -0.4 is 5.73 Å². The third-order valence-electron chi connectivity index (χ3n) is 2.16. The van der Waals surface area contributed by atoms with Crippen LogP contribution in [0.25, 0.3) is 0 Å². The molecule has 0 aliphatic heterocycles. The largest absolute Gasteiger partial charge is 0.383 e. The second-order valence-electron chi connectivity index (χ2n) is 3.50. The molecule has 4 nitrogen and oxygen atoms in total. The molecular formula is C12H13N3O. The fourth-order valence-electron chi connectivity index (χ4n) is 1.36. The van der Waals surface area contributed by atoms with E-state index in [1.54, 1.807) is 0 Å². The molecule has 0 spiro atoms. The maximum Gasteiger partial charge on any atom is 0.133 e. The van der Waals surface area contributed by atoms with Crippen molar-refractivity contribution in [1.82, 2.24) is 5.16 Å². The number of rotatable bonds is 3. The van der Waals surface area contributed by atoms with Gasteiger partial charge >= 0.3 is 0 Å². The molecule has 0 saturated heterocycles. The SMILES string of the molecule is Cc1cc(CN=C(N)c2ccccc2)no1. The van der Waals surface area contributed by atoms with Crippen molar-refractivity contribution < 1.29 is 4.52 Å². The van der Waals surface area contributed by atoms with Crippen LogP contribution in [0.3, 0.4) is 0 Å². The summed E-state index contributed by atoms with van der Waals surface area (Å²) in [4.78, 5) is 4.25. The first kappa shape index (κ1) is 10.4. The Bertz CT molecular complexity index is 488. The van der Waals surface area contributed by atoms with Gasteiger partial charge in [0.1, 0.15) is 17.3 Å². The second kappa shape index (κ2) is 4.61. The topological polar surface area (TPSA) is 64.4 Å². The number of nitrogens with two attached hydrogens (primary N) is 1. The van der Waals surface area contributed by atoms with E-state index in [-0.39, 0.29) is 0 Å². The first-order chi connectivity index (χ1) is 7.75. The van der Waals surface area contributed by atoms with E-state index < -0.39 is 0 Å². The molecule has 0 aliphatic carbocycles. The van der Waals surface area contributed by atoms with Gasteiger partial charge < -0.3 is 10.3 Å². The zero-order valence-electron chi connectivity index (χ0n) is 9.05. The predicted molar refractivity (Wildman–Crippen MR) is 62.1 cm³/mol. The Hall–Kier alpha value is -2.10. The molecule has 0 saturated carbocycles. The van der Waals surface area contributed by atoms with Crippen molar-refractivity contribution in [1.29, 1.82) is 0 Å². The van der Waals surface area contributed by atoms with Crippen molar-refractivity contribution in [3.63, 3.8) is 0 Å². The zero-order valence-corrected chi connectivity index (χ0v) is 9.05. The van der Waals surface area contributed by atoms with Gasteiger partial charge in [0.15, 0.2) is 0 Å². The van der Waals surface area contributed by atoms with Gasteiger partial charge in [0, 0.05) is 11.6 Å². The molecular weight excluding hydrogens is 202 g/mol. The van der Waals surface area contributed by atoms with Gasteiger partial charge in [-0.15, -0.1) is 0 Å². The monoisotopic (exact) mass is 215 g/mol. The highest BCUT2D eigenvalue weighted by atomic mass is 16.5. The smallest absolute Gasteiger partial charge is 0.133 e. The quantitative estimate of drug-likeness (QED) is 0.628. The van der Waals surface area contributed by atoms with Gasteiger partial charge in [-0.3, -0.25) is 4.99 Å². The van der Waals surface area contributed by atoms with Crippen LogP contribution in [-0.4, -0.2) is 11.0 Å². The van der Waals surface area contributed by atoms with Gasteiger partial charge in [-0.1, -0.05) is 35.5 Å². The van der Waals surface area contributed by atoms with E-state index in [1.807, 2.05) is 43.3 Å². The average molecular weight is 215 g/mol. The molecule has 1 heterocycles. The highest BCUT2D eigenvalue weighted by Gasteiger charge is 2.00. The molecule has 1 aromatic carbocycles. The van der Waals surface area contributed by atoms with E-state index >= 15 is 0 Å². The number of aliphatic imine (C=N–C) groups is 1. The summed E-state index contributed by atoms with van der Waals surface area (Å²) >= 11 is 0. The minimum absolute atomic E-state index is 0.443. The Balaban J connectivity index is 2.08. The van der Waals surface area contributed by atoms with E-state index in [2.05, 4.69) is 10.1 Å². The molecule has 2 N–H and O–H groups in total. The molecule has 2 aromatic rings. The molecule has 2 rings (SSSR count). The van der Waals surface area contributed by atoms with Crippen LogP contribution in [0.4, 0.5) is 0 Å². The van der Waals surface area contributed by atoms with Crippen LogP contribution in [0, 0.1) is 6.92 Å². The highest BCUT2D eigenvalue weighted by Crippen LogP contribution is 2.04. The van der Waals surface area contributed by atoms with E-state index in [4.69, 9.17) is 10.3 Å². The summed E-state index contributed by atoms with van der Waals surface area (Å²) in [6.07, 6.45) is 0. The lowest BCUT2D eigenvalue weighted by molar-refractivity contribution is 0.391. The first-order valence-corrected chi connectivity index (χ1v) is 5.03. The zero-order chi connectivity index (χ0) is 11.4. The molecule has 1 aromatic heterocycles. The standard InChI is InChI=1S/C12H13N3O/c1-9-7-11(15-16-9)8-14-12(13)10-5-3-2-4-6-10/h2-7H,8H2,1H3,(H2,13,14). The van der Waals surface area contributed by atoms with Crippen molar-refractivity contribution in [2.24, 2.45) is 10.7 Å². The fourth-order valence-corrected chi connectivity index (χ4v) is 1.36.